The summed E-state index contributed by atoms with van der Waals surface area (Å²) in [6, 6.07) is 9.76. The van der Waals surface area contributed by atoms with Crippen molar-refractivity contribution in [3.63, 3.8) is 0 Å². The van der Waals surface area contributed by atoms with Crippen LogP contribution >= 0.6 is 0 Å². The number of nitrogens with one attached hydrogen (secondary N) is 2. The van der Waals surface area contributed by atoms with Crippen molar-refractivity contribution in [2.45, 2.75) is 25.5 Å². The maximum atomic E-state index is 11.7. The van der Waals surface area contributed by atoms with Crippen LogP contribution in [-0.4, -0.2) is 38.9 Å². The van der Waals surface area contributed by atoms with Crippen molar-refractivity contribution in [2.75, 3.05) is 26.8 Å². The van der Waals surface area contributed by atoms with E-state index in [2.05, 4.69) is 10.6 Å². The maximum Gasteiger partial charge on any atom is 0.407 e. The van der Waals surface area contributed by atoms with Crippen LogP contribution in [-0.2, 0) is 16.1 Å². The Balaban J connectivity index is 1.63. The number of methoxy groups -OCH3 is 1. The smallest absolute Gasteiger partial charge is 0.407 e. The van der Waals surface area contributed by atoms with Crippen molar-refractivity contribution in [1.82, 2.24) is 10.6 Å². The van der Waals surface area contributed by atoms with Crippen LogP contribution in [0.2, 0.25) is 0 Å². The molecule has 0 saturated heterocycles. The molecular weight excluding hydrogens is 268 g/mol. The first-order valence-electron chi connectivity index (χ1n) is 7.45. The van der Waals surface area contributed by atoms with E-state index in [0.717, 1.165) is 18.0 Å². The average Bonchev–Trinajstić information content (AvgIpc) is 3.33. The number of ether oxygens (including phenoxy) is 2. The van der Waals surface area contributed by atoms with Gasteiger partial charge in [-0.25, -0.2) is 4.79 Å². The second kappa shape index (κ2) is 8.64. The summed E-state index contributed by atoms with van der Waals surface area (Å²) in [4.78, 5) is 11.7. The fourth-order valence-electron chi connectivity index (χ4n) is 2.03. The monoisotopic (exact) mass is 292 g/mol. The number of amides is 1. The lowest BCUT2D eigenvalue weighted by atomic mass is 10.2. The van der Waals surface area contributed by atoms with Crippen LogP contribution in [0.4, 0.5) is 4.79 Å². The minimum atomic E-state index is -0.395. The zero-order chi connectivity index (χ0) is 14.9. The highest BCUT2D eigenvalue weighted by molar-refractivity contribution is 5.67. The van der Waals surface area contributed by atoms with Gasteiger partial charge in [-0.3, -0.25) is 0 Å². The summed E-state index contributed by atoms with van der Waals surface area (Å²) in [5.74, 6) is 0.800. The Morgan fingerprint density at radius 3 is 2.76 bits per heavy atom. The van der Waals surface area contributed by atoms with Crippen LogP contribution in [0.5, 0.6) is 0 Å². The Morgan fingerprint density at radius 2 is 2.10 bits per heavy atom. The van der Waals surface area contributed by atoms with E-state index >= 15 is 0 Å². The lowest BCUT2D eigenvalue weighted by Crippen LogP contribution is -2.44. The molecule has 0 bridgehead atoms. The number of hydrogen-bond acceptors (Lipinski definition) is 4. The molecule has 0 aromatic heterocycles. The topological polar surface area (TPSA) is 59.6 Å². The van der Waals surface area contributed by atoms with Crippen LogP contribution in [0.1, 0.15) is 18.4 Å². The van der Waals surface area contributed by atoms with Gasteiger partial charge >= 0.3 is 6.09 Å². The summed E-state index contributed by atoms with van der Waals surface area (Å²) >= 11 is 0. The highest BCUT2D eigenvalue weighted by Gasteiger charge is 2.22. The first kappa shape index (κ1) is 15.8. The quantitative estimate of drug-likeness (QED) is 0.730. The van der Waals surface area contributed by atoms with Gasteiger partial charge in [-0.05, 0) is 30.9 Å². The maximum absolute atomic E-state index is 11.7. The normalized spacial score (nSPS) is 15.5. The van der Waals surface area contributed by atoms with Crippen molar-refractivity contribution < 1.29 is 14.3 Å². The molecule has 2 rings (SSSR count). The Bertz CT molecular complexity index is 421. The van der Waals surface area contributed by atoms with Gasteiger partial charge in [0.2, 0.25) is 0 Å². The molecule has 5 nitrogen and oxygen atoms in total. The molecule has 1 aliphatic rings. The molecule has 1 aromatic rings. The molecular formula is C16H24N2O3. The van der Waals surface area contributed by atoms with E-state index in [1.807, 2.05) is 30.3 Å². The summed E-state index contributed by atoms with van der Waals surface area (Å²) in [7, 11) is 1.67. The Kier molecular flexibility index (Phi) is 6.50. The molecule has 1 fully saturated rings. The van der Waals surface area contributed by atoms with E-state index in [1.54, 1.807) is 7.11 Å². The molecule has 0 spiro atoms. The highest BCUT2D eigenvalue weighted by Crippen LogP contribution is 2.27. The van der Waals surface area contributed by atoms with Crippen LogP contribution in [0.3, 0.4) is 0 Å². The molecule has 5 heteroatoms. The minimum absolute atomic E-state index is 0.125. The van der Waals surface area contributed by atoms with E-state index < -0.39 is 6.09 Å². The largest absolute Gasteiger partial charge is 0.445 e. The van der Waals surface area contributed by atoms with Gasteiger partial charge in [0.25, 0.3) is 0 Å². The second-order valence-electron chi connectivity index (χ2n) is 5.45. The van der Waals surface area contributed by atoms with E-state index in [1.165, 1.54) is 12.8 Å². The summed E-state index contributed by atoms with van der Waals surface area (Å²) in [6.07, 6.45) is 2.21. The number of carbonyl (C=O) groups is 1. The third-order valence-electron chi connectivity index (χ3n) is 3.47. The molecule has 0 heterocycles. The highest BCUT2D eigenvalue weighted by atomic mass is 16.5. The molecule has 2 N–H and O–H groups in total. The van der Waals surface area contributed by atoms with Gasteiger partial charge in [0.1, 0.15) is 6.61 Å². The van der Waals surface area contributed by atoms with Gasteiger partial charge < -0.3 is 20.1 Å². The van der Waals surface area contributed by atoms with E-state index in [9.17, 15) is 4.79 Å². The molecule has 1 saturated carbocycles. The molecule has 116 valence electrons. The van der Waals surface area contributed by atoms with Gasteiger partial charge in [-0.2, -0.15) is 0 Å². The number of carbonyl (C=O) groups excluding carboxylic acids is 1. The molecule has 0 radical (unpaired) electrons. The summed E-state index contributed by atoms with van der Waals surface area (Å²) in [5.41, 5.74) is 0.980. The third kappa shape index (κ3) is 6.60. The lowest BCUT2D eigenvalue weighted by molar-refractivity contribution is 0.132. The Morgan fingerprint density at radius 1 is 1.33 bits per heavy atom. The van der Waals surface area contributed by atoms with Crippen molar-refractivity contribution in [2.24, 2.45) is 5.92 Å². The number of alkyl carbamates (subject to hydrolysis) is 1. The fourth-order valence-corrected chi connectivity index (χ4v) is 2.03. The first-order chi connectivity index (χ1) is 10.3. The summed E-state index contributed by atoms with van der Waals surface area (Å²) in [6.45, 7) is 2.37. The van der Waals surface area contributed by atoms with Crippen LogP contribution < -0.4 is 10.6 Å². The number of rotatable bonds is 9. The zero-order valence-corrected chi connectivity index (χ0v) is 12.5. The molecule has 21 heavy (non-hydrogen) atoms. The van der Waals surface area contributed by atoms with E-state index in [0.29, 0.717) is 13.2 Å². The van der Waals surface area contributed by atoms with Gasteiger partial charge in [-0.1, -0.05) is 30.3 Å². The molecule has 1 amide bonds. The third-order valence-corrected chi connectivity index (χ3v) is 3.47. The van der Waals surface area contributed by atoms with Crippen molar-refractivity contribution >= 4 is 6.09 Å². The Hall–Kier alpha value is -1.59. The second-order valence-corrected chi connectivity index (χ2v) is 5.45. The van der Waals surface area contributed by atoms with E-state index in [4.69, 9.17) is 9.47 Å². The van der Waals surface area contributed by atoms with E-state index in [-0.39, 0.29) is 12.6 Å². The SMILES string of the molecule is COCC(CNC(=O)OCc1ccccc1)NCC1CC1. The predicted octanol–water partition coefficient (Wildman–Crippen LogP) is 1.93. The predicted molar refractivity (Wildman–Crippen MR) is 81.0 cm³/mol. The van der Waals surface area contributed by atoms with Crippen LogP contribution in [0.15, 0.2) is 30.3 Å². The molecule has 0 aliphatic heterocycles. The van der Waals surface area contributed by atoms with Gasteiger partial charge in [0, 0.05) is 19.7 Å². The molecule has 1 unspecified atom stereocenters. The zero-order valence-electron chi connectivity index (χ0n) is 12.5. The van der Waals surface area contributed by atoms with Crippen LogP contribution in [0, 0.1) is 5.92 Å². The summed E-state index contributed by atoms with van der Waals surface area (Å²) in [5, 5.41) is 6.19. The van der Waals surface area contributed by atoms with Crippen LogP contribution in [0.25, 0.3) is 0 Å². The molecule has 1 aromatic carbocycles. The summed E-state index contributed by atoms with van der Waals surface area (Å²) < 4.78 is 10.3. The fraction of sp³-hybridized carbons (Fsp3) is 0.562. The molecule has 1 aliphatic carbocycles. The van der Waals surface area contributed by atoms with Gasteiger partial charge in [0.05, 0.1) is 6.61 Å². The van der Waals surface area contributed by atoms with Crippen molar-refractivity contribution in [1.29, 1.82) is 0 Å². The minimum Gasteiger partial charge on any atom is -0.445 e. The standard InChI is InChI=1S/C16H24N2O3/c1-20-12-15(17-9-13-7-8-13)10-18-16(19)21-11-14-5-3-2-4-6-14/h2-6,13,15,17H,7-12H2,1H3,(H,18,19). The first-order valence-corrected chi connectivity index (χ1v) is 7.45. The average molecular weight is 292 g/mol. The van der Waals surface area contributed by atoms with Gasteiger partial charge in [-0.15, -0.1) is 0 Å². The van der Waals surface area contributed by atoms with Crippen molar-refractivity contribution in [3.8, 4) is 0 Å². The van der Waals surface area contributed by atoms with Crippen molar-refractivity contribution in [3.05, 3.63) is 35.9 Å². The number of hydrogen-bond donors (Lipinski definition) is 2. The Labute approximate surface area is 126 Å². The van der Waals surface area contributed by atoms with Gasteiger partial charge in [0.15, 0.2) is 0 Å². The number of benzene rings is 1. The molecule has 1 atom stereocenters. The lowest BCUT2D eigenvalue weighted by Gasteiger charge is -2.18.